The van der Waals surface area contributed by atoms with Gasteiger partial charge in [-0.25, -0.2) is 5.43 Å². The van der Waals surface area contributed by atoms with Crippen molar-refractivity contribution in [2.45, 2.75) is 5.16 Å². The molecule has 0 unspecified atom stereocenters. The van der Waals surface area contributed by atoms with Crippen LogP contribution in [0.5, 0.6) is 11.5 Å². The molecule has 4 rings (SSSR count). The van der Waals surface area contributed by atoms with Crippen molar-refractivity contribution in [3.63, 3.8) is 0 Å². The van der Waals surface area contributed by atoms with Crippen molar-refractivity contribution < 1.29 is 14.3 Å². The van der Waals surface area contributed by atoms with Crippen LogP contribution in [0.25, 0.3) is 17.1 Å². The first-order valence-electron chi connectivity index (χ1n) is 10.5. The van der Waals surface area contributed by atoms with E-state index in [1.165, 1.54) is 18.0 Å². The summed E-state index contributed by atoms with van der Waals surface area (Å²) in [6, 6.07) is 22.4. The van der Waals surface area contributed by atoms with Gasteiger partial charge in [0, 0.05) is 27.9 Å². The summed E-state index contributed by atoms with van der Waals surface area (Å²) in [5.41, 5.74) is 4.98. The maximum atomic E-state index is 12.5. The number of hydrazone groups is 1. The van der Waals surface area contributed by atoms with E-state index >= 15 is 0 Å². The summed E-state index contributed by atoms with van der Waals surface area (Å²) in [5, 5.41) is 13.9. The van der Waals surface area contributed by atoms with Gasteiger partial charge in [-0.15, -0.1) is 10.2 Å². The molecule has 178 valence electrons. The molecule has 0 aliphatic heterocycles. The number of amides is 1. The molecule has 1 amide bonds. The predicted molar refractivity (Wildman–Crippen MR) is 138 cm³/mol. The first-order chi connectivity index (χ1) is 17.1. The smallest absolute Gasteiger partial charge is 0.250 e. The van der Waals surface area contributed by atoms with Crippen LogP contribution >= 0.6 is 23.4 Å². The average Bonchev–Trinajstić information content (AvgIpc) is 3.32. The lowest BCUT2D eigenvalue weighted by Crippen LogP contribution is -2.20. The largest absolute Gasteiger partial charge is 0.497 e. The molecule has 1 aromatic heterocycles. The summed E-state index contributed by atoms with van der Waals surface area (Å²) >= 11 is 7.33. The monoisotopic (exact) mass is 507 g/mol. The summed E-state index contributed by atoms with van der Waals surface area (Å²) < 4.78 is 12.4. The van der Waals surface area contributed by atoms with Crippen molar-refractivity contribution in [2.75, 3.05) is 20.0 Å². The van der Waals surface area contributed by atoms with E-state index in [1.807, 2.05) is 47.0 Å². The van der Waals surface area contributed by atoms with Gasteiger partial charge in [0.2, 0.25) is 0 Å². The number of carbonyl (C=O) groups excluding carboxylic acids is 1. The number of hydrogen-bond acceptors (Lipinski definition) is 7. The fourth-order valence-electron chi connectivity index (χ4n) is 3.22. The van der Waals surface area contributed by atoms with Gasteiger partial charge in [-0.3, -0.25) is 9.36 Å². The molecule has 4 aromatic rings. The molecule has 1 heterocycles. The predicted octanol–water partition coefficient (Wildman–Crippen LogP) is 4.85. The Labute approximate surface area is 211 Å². The number of nitrogens with one attached hydrogen (secondary N) is 1. The first-order valence-corrected chi connectivity index (χ1v) is 11.9. The zero-order valence-electron chi connectivity index (χ0n) is 19.0. The lowest BCUT2D eigenvalue weighted by Gasteiger charge is -2.10. The molecule has 1 N–H and O–H groups in total. The Balaban J connectivity index is 1.48. The van der Waals surface area contributed by atoms with Crippen LogP contribution in [0.2, 0.25) is 5.02 Å². The first kappa shape index (κ1) is 24.3. The van der Waals surface area contributed by atoms with Crippen LogP contribution in [0.1, 0.15) is 5.56 Å². The van der Waals surface area contributed by atoms with Gasteiger partial charge in [-0.05, 0) is 36.4 Å². The topological polar surface area (TPSA) is 90.6 Å². The number of thioether (sulfide) groups is 1. The second-order valence-corrected chi connectivity index (χ2v) is 8.55. The van der Waals surface area contributed by atoms with Gasteiger partial charge in [-0.2, -0.15) is 5.10 Å². The van der Waals surface area contributed by atoms with Gasteiger partial charge in [0.15, 0.2) is 11.0 Å². The summed E-state index contributed by atoms with van der Waals surface area (Å²) in [5.74, 6) is 1.73. The maximum absolute atomic E-state index is 12.5. The van der Waals surface area contributed by atoms with Gasteiger partial charge in [0.1, 0.15) is 11.5 Å². The van der Waals surface area contributed by atoms with E-state index in [9.17, 15) is 4.79 Å². The van der Waals surface area contributed by atoms with E-state index < -0.39 is 0 Å². The summed E-state index contributed by atoms with van der Waals surface area (Å²) in [6.07, 6.45) is 1.52. The van der Waals surface area contributed by atoms with Crippen LogP contribution in [-0.2, 0) is 4.79 Å². The van der Waals surface area contributed by atoms with Gasteiger partial charge in [0.05, 0.1) is 26.2 Å². The molecule has 0 saturated heterocycles. The minimum Gasteiger partial charge on any atom is -0.497 e. The van der Waals surface area contributed by atoms with Gasteiger partial charge in [-0.1, -0.05) is 53.7 Å². The summed E-state index contributed by atoms with van der Waals surface area (Å²) in [4.78, 5) is 12.5. The van der Waals surface area contributed by atoms with Crippen molar-refractivity contribution in [1.29, 1.82) is 0 Å². The molecule has 0 saturated carbocycles. The SMILES string of the molecule is COc1ccc(/C=N\NC(=O)CSc2nnc(-c3ccccc3)n2-c2ccc(Cl)cc2)c(OC)c1. The molecule has 35 heavy (non-hydrogen) atoms. The molecule has 10 heteroatoms. The van der Waals surface area contributed by atoms with E-state index in [4.69, 9.17) is 21.1 Å². The fourth-order valence-corrected chi connectivity index (χ4v) is 4.09. The highest BCUT2D eigenvalue weighted by Crippen LogP contribution is 2.28. The molecule has 0 bridgehead atoms. The molecule has 0 radical (unpaired) electrons. The molecule has 0 fully saturated rings. The van der Waals surface area contributed by atoms with Crippen molar-refractivity contribution >= 4 is 35.5 Å². The third-order valence-corrected chi connectivity index (χ3v) is 6.10. The molecule has 3 aromatic carbocycles. The fraction of sp³-hybridized carbons (Fsp3) is 0.120. The molecular formula is C25H22ClN5O3S. The Morgan fingerprint density at radius 1 is 1.06 bits per heavy atom. The second-order valence-electron chi connectivity index (χ2n) is 7.17. The maximum Gasteiger partial charge on any atom is 0.250 e. The van der Waals surface area contributed by atoms with Crippen molar-refractivity contribution in [3.05, 3.63) is 83.4 Å². The van der Waals surface area contributed by atoms with E-state index in [2.05, 4.69) is 20.7 Å². The number of carbonyl (C=O) groups is 1. The van der Waals surface area contributed by atoms with Crippen LogP contribution in [0.15, 0.2) is 83.1 Å². The van der Waals surface area contributed by atoms with Gasteiger partial charge >= 0.3 is 0 Å². The number of aromatic nitrogens is 3. The normalized spacial score (nSPS) is 10.9. The minimum absolute atomic E-state index is 0.0948. The highest BCUT2D eigenvalue weighted by atomic mass is 35.5. The van der Waals surface area contributed by atoms with Crippen LogP contribution in [0.3, 0.4) is 0 Å². The lowest BCUT2D eigenvalue weighted by atomic mass is 10.2. The zero-order chi connectivity index (χ0) is 24.6. The van der Waals surface area contributed by atoms with Gasteiger partial charge < -0.3 is 9.47 Å². The van der Waals surface area contributed by atoms with E-state index in [0.717, 1.165) is 11.3 Å². The third kappa shape index (κ3) is 6.00. The van der Waals surface area contributed by atoms with Gasteiger partial charge in [0.25, 0.3) is 5.91 Å². The average molecular weight is 508 g/mol. The Morgan fingerprint density at radius 2 is 1.83 bits per heavy atom. The quantitative estimate of drug-likeness (QED) is 0.198. The van der Waals surface area contributed by atoms with Crippen LogP contribution in [-0.4, -0.2) is 46.9 Å². The van der Waals surface area contributed by atoms with E-state index in [0.29, 0.717) is 33.1 Å². The Bertz CT molecular complexity index is 1330. The van der Waals surface area contributed by atoms with Crippen molar-refractivity contribution in [1.82, 2.24) is 20.2 Å². The highest BCUT2D eigenvalue weighted by Gasteiger charge is 2.17. The molecule has 0 aliphatic rings. The molecule has 8 nitrogen and oxygen atoms in total. The highest BCUT2D eigenvalue weighted by molar-refractivity contribution is 7.99. The Morgan fingerprint density at radius 3 is 2.54 bits per heavy atom. The van der Waals surface area contributed by atoms with E-state index in [1.54, 1.807) is 44.6 Å². The molecule has 0 atom stereocenters. The number of nitrogens with zero attached hydrogens (tertiary/aromatic N) is 4. The Kier molecular flexibility index (Phi) is 8.02. The van der Waals surface area contributed by atoms with Crippen molar-refractivity contribution in [2.24, 2.45) is 5.10 Å². The van der Waals surface area contributed by atoms with E-state index in [-0.39, 0.29) is 11.7 Å². The number of methoxy groups -OCH3 is 2. The number of benzene rings is 3. The standard InChI is InChI=1S/C25H22ClN5O3S/c1-33-21-13-8-18(22(14-21)34-2)15-27-28-23(32)16-35-25-30-29-24(17-6-4-3-5-7-17)31(25)20-11-9-19(26)10-12-20/h3-15H,16H2,1-2H3,(H,28,32)/b27-15-. The number of rotatable bonds is 9. The van der Waals surface area contributed by atoms with Crippen LogP contribution in [0, 0.1) is 0 Å². The lowest BCUT2D eigenvalue weighted by molar-refractivity contribution is -0.118. The molecular weight excluding hydrogens is 486 g/mol. The number of halogens is 1. The number of ether oxygens (including phenoxy) is 2. The summed E-state index contributed by atoms with van der Waals surface area (Å²) in [6.45, 7) is 0. The van der Waals surface area contributed by atoms with Crippen molar-refractivity contribution in [3.8, 4) is 28.6 Å². The third-order valence-electron chi connectivity index (χ3n) is 4.92. The van der Waals surface area contributed by atoms with Crippen LogP contribution in [0.4, 0.5) is 0 Å². The molecule has 0 aliphatic carbocycles. The summed E-state index contributed by atoms with van der Waals surface area (Å²) in [7, 11) is 3.14. The second kappa shape index (κ2) is 11.5. The Hall–Kier alpha value is -3.82. The van der Waals surface area contributed by atoms with Crippen LogP contribution < -0.4 is 14.9 Å². The number of hydrogen-bond donors (Lipinski definition) is 1. The zero-order valence-corrected chi connectivity index (χ0v) is 20.6. The minimum atomic E-state index is -0.286. The molecule has 0 spiro atoms.